The van der Waals surface area contributed by atoms with E-state index in [1.54, 1.807) is 14.2 Å². The van der Waals surface area contributed by atoms with Crippen molar-refractivity contribution in [2.45, 2.75) is 25.3 Å². The van der Waals surface area contributed by atoms with Crippen molar-refractivity contribution in [3.8, 4) is 11.5 Å². The smallest absolute Gasteiger partial charge is 0.179 e. The van der Waals surface area contributed by atoms with Gasteiger partial charge in [0.05, 0.1) is 19.2 Å². The number of nitrogens with one attached hydrogen (secondary N) is 1. The number of methoxy groups -OCH3 is 2. The van der Waals surface area contributed by atoms with Gasteiger partial charge in [-0.25, -0.2) is 0 Å². The van der Waals surface area contributed by atoms with Crippen LogP contribution in [0.15, 0.2) is 12.1 Å². The highest BCUT2D eigenvalue weighted by Crippen LogP contribution is 2.39. The number of halogens is 1. The van der Waals surface area contributed by atoms with Crippen LogP contribution in [0.2, 0.25) is 5.02 Å². The molecule has 0 aliphatic carbocycles. The molecule has 0 saturated heterocycles. The Bertz CT molecular complexity index is 430. The largest absolute Gasteiger partial charge is 0.493 e. The van der Waals surface area contributed by atoms with E-state index in [0.717, 1.165) is 31.4 Å². The van der Waals surface area contributed by atoms with Gasteiger partial charge in [-0.05, 0) is 37.4 Å². The fraction of sp³-hybridized carbons (Fsp3) is 0.600. The SMILES string of the molecule is COc1ccc(C(CN)NCCCCCO)c(Cl)c1OC. The highest BCUT2D eigenvalue weighted by atomic mass is 35.5. The Morgan fingerprint density at radius 3 is 2.57 bits per heavy atom. The van der Waals surface area contributed by atoms with E-state index in [2.05, 4.69) is 5.32 Å². The molecule has 120 valence electrons. The average molecular weight is 317 g/mol. The molecule has 0 heterocycles. The molecule has 0 fully saturated rings. The summed E-state index contributed by atoms with van der Waals surface area (Å²) in [5, 5.41) is 12.7. The standard InChI is InChI=1S/C15H25ClN2O3/c1-20-13-7-6-11(14(16)15(13)21-2)12(10-17)18-8-4-3-5-9-19/h6-7,12,18-19H,3-5,8-10,17H2,1-2H3. The number of unbranched alkanes of at least 4 members (excludes halogenated alkanes) is 2. The summed E-state index contributed by atoms with van der Waals surface area (Å²) >= 11 is 6.40. The summed E-state index contributed by atoms with van der Waals surface area (Å²) in [6.07, 6.45) is 2.80. The predicted molar refractivity (Wildman–Crippen MR) is 85.3 cm³/mol. The molecular weight excluding hydrogens is 292 g/mol. The molecule has 0 bridgehead atoms. The predicted octanol–water partition coefficient (Wildman–Crippen LogP) is 2.11. The molecule has 0 aromatic heterocycles. The maximum atomic E-state index is 8.76. The van der Waals surface area contributed by atoms with Crippen molar-refractivity contribution in [3.63, 3.8) is 0 Å². The monoisotopic (exact) mass is 316 g/mol. The van der Waals surface area contributed by atoms with Crippen molar-refractivity contribution in [3.05, 3.63) is 22.7 Å². The Labute approximate surface area is 131 Å². The summed E-state index contributed by atoms with van der Waals surface area (Å²) < 4.78 is 10.5. The van der Waals surface area contributed by atoms with Crippen molar-refractivity contribution in [1.82, 2.24) is 5.32 Å². The molecule has 1 aromatic carbocycles. The fourth-order valence-electron chi connectivity index (χ4n) is 2.18. The molecule has 6 heteroatoms. The van der Waals surface area contributed by atoms with Gasteiger partial charge >= 0.3 is 0 Å². The Morgan fingerprint density at radius 2 is 2.00 bits per heavy atom. The lowest BCUT2D eigenvalue weighted by Crippen LogP contribution is -2.29. The lowest BCUT2D eigenvalue weighted by atomic mass is 10.1. The first-order chi connectivity index (χ1) is 10.2. The first-order valence-corrected chi connectivity index (χ1v) is 7.52. The van der Waals surface area contributed by atoms with Crippen LogP contribution < -0.4 is 20.5 Å². The summed E-state index contributed by atoms with van der Waals surface area (Å²) in [4.78, 5) is 0. The number of aliphatic hydroxyl groups is 1. The molecule has 1 atom stereocenters. The second-order valence-electron chi connectivity index (χ2n) is 4.73. The maximum Gasteiger partial charge on any atom is 0.179 e. The molecule has 0 saturated carbocycles. The van der Waals surface area contributed by atoms with E-state index >= 15 is 0 Å². The average Bonchev–Trinajstić information content (AvgIpc) is 2.51. The number of rotatable bonds is 10. The summed E-state index contributed by atoms with van der Waals surface area (Å²) in [5.74, 6) is 1.13. The first-order valence-electron chi connectivity index (χ1n) is 7.14. The zero-order valence-corrected chi connectivity index (χ0v) is 13.4. The zero-order chi connectivity index (χ0) is 15.7. The molecule has 0 aliphatic heterocycles. The molecule has 1 aromatic rings. The van der Waals surface area contributed by atoms with Crippen LogP contribution in [0.4, 0.5) is 0 Å². The number of hydrogen-bond acceptors (Lipinski definition) is 5. The van der Waals surface area contributed by atoms with E-state index in [9.17, 15) is 0 Å². The normalized spacial score (nSPS) is 12.2. The van der Waals surface area contributed by atoms with Gasteiger partial charge in [0, 0.05) is 19.2 Å². The minimum Gasteiger partial charge on any atom is -0.493 e. The molecule has 1 rings (SSSR count). The molecule has 4 N–H and O–H groups in total. The van der Waals surface area contributed by atoms with E-state index in [1.165, 1.54) is 0 Å². The topological polar surface area (TPSA) is 76.7 Å². The van der Waals surface area contributed by atoms with Gasteiger partial charge in [-0.15, -0.1) is 0 Å². The Balaban J connectivity index is 2.76. The zero-order valence-electron chi connectivity index (χ0n) is 12.7. The van der Waals surface area contributed by atoms with Gasteiger partial charge in [-0.2, -0.15) is 0 Å². The summed E-state index contributed by atoms with van der Waals surface area (Å²) in [6.45, 7) is 1.50. The van der Waals surface area contributed by atoms with Crippen molar-refractivity contribution < 1.29 is 14.6 Å². The molecule has 0 radical (unpaired) electrons. The highest BCUT2D eigenvalue weighted by molar-refractivity contribution is 6.33. The molecule has 0 spiro atoms. The quantitative estimate of drug-likeness (QED) is 0.576. The highest BCUT2D eigenvalue weighted by Gasteiger charge is 2.18. The molecule has 0 aliphatic rings. The number of nitrogens with two attached hydrogens (primary N) is 1. The minimum atomic E-state index is -0.0357. The van der Waals surface area contributed by atoms with Crippen LogP contribution >= 0.6 is 11.6 Å². The molecule has 1 unspecified atom stereocenters. The van der Waals surface area contributed by atoms with Crippen LogP contribution in [0.25, 0.3) is 0 Å². The molecular formula is C15H25ClN2O3. The van der Waals surface area contributed by atoms with Gasteiger partial charge in [-0.1, -0.05) is 17.7 Å². The van der Waals surface area contributed by atoms with Gasteiger partial charge in [0.2, 0.25) is 0 Å². The van der Waals surface area contributed by atoms with Gasteiger partial charge in [0.1, 0.15) is 0 Å². The molecule has 5 nitrogen and oxygen atoms in total. The summed E-state index contributed by atoms with van der Waals surface area (Å²) in [6, 6.07) is 3.70. The molecule has 21 heavy (non-hydrogen) atoms. The second-order valence-corrected chi connectivity index (χ2v) is 5.11. The minimum absolute atomic E-state index is 0.0357. The van der Waals surface area contributed by atoms with E-state index in [-0.39, 0.29) is 12.6 Å². The third kappa shape index (κ3) is 5.04. The fourth-order valence-corrected chi connectivity index (χ4v) is 2.55. The van der Waals surface area contributed by atoms with Gasteiger partial charge in [0.25, 0.3) is 0 Å². The Morgan fingerprint density at radius 1 is 1.24 bits per heavy atom. The van der Waals surface area contributed by atoms with E-state index in [0.29, 0.717) is 23.1 Å². The van der Waals surface area contributed by atoms with Crippen molar-refractivity contribution >= 4 is 11.6 Å². The molecule has 0 amide bonds. The summed E-state index contributed by atoms with van der Waals surface area (Å²) in [5.41, 5.74) is 6.75. The summed E-state index contributed by atoms with van der Waals surface area (Å²) in [7, 11) is 3.14. The van der Waals surface area contributed by atoms with E-state index in [1.807, 2.05) is 12.1 Å². The maximum absolute atomic E-state index is 8.76. The van der Waals surface area contributed by atoms with Crippen LogP contribution in [0.1, 0.15) is 30.9 Å². The van der Waals surface area contributed by atoms with Gasteiger partial charge in [0.15, 0.2) is 11.5 Å². The number of aliphatic hydroxyl groups excluding tert-OH is 1. The van der Waals surface area contributed by atoms with Crippen LogP contribution in [-0.2, 0) is 0 Å². The van der Waals surface area contributed by atoms with Gasteiger partial charge in [-0.3, -0.25) is 0 Å². The third-order valence-corrected chi connectivity index (χ3v) is 3.74. The van der Waals surface area contributed by atoms with E-state index in [4.69, 9.17) is 31.9 Å². The van der Waals surface area contributed by atoms with Crippen molar-refractivity contribution in [1.29, 1.82) is 0 Å². The Kier molecular flexibility index (Phi) is 8.45. The van der Waals surface area contributed by atoms with Crippen LogP contribution in [0.3, 0.4) is 0 Å². The number of hydrogen-bond donors (Lipinski definition) is 3. The van der Waals surface area contributed by atoms with Gasteiger partial charge < -0.3 is 25.6 Å². The van der Waals surface area contributed by atoms with Crippen molar-refractivity contribution in [2.24, 2.45) is 5.73 Å². The third-order valence-electron chi connectivity index (χ3n) is 3.35. The number of ether oxygens (including phenoxy) is 2. The van der Waals surface area contributed by atoms with Crippen LogP contribution in [0.5, 0.6) is 11.5 Å². The number of benzene rings is 1. The van der Waals surface area contributed by atoms with Crippen LogP contribution in [-0.4, -0.2) is 39.0 Å². The first kappa shape index (κ1) is 18.0. The lowest BCUT2D eigenvalue weighted by molar-refractivity contribution is 0.282. The Hall–Kier alpha value is -1.01. The van der Waals surface area contributed by atoms with Crippen molar-refractivity contribution in [2.75, 3.05) is 33.9 Å². The van der Waals surface area contributed by atoms with Crippen LogP contribution in [0, 0.1) is 0 Å². The second kappa shape index (κ2) is 9.84. The lowest BCUT2D eigenvalue weighted by Gasteiger charge is -2.21. The van der Waals surface area contributed by atoms with E-state index < -0.39 is 0 Å².